The molecule has 0 unspecified atom stereocenters. The van der Waals surface area contributed by atoms with Crippen molar-refractivity contribution in [3.8, 4) is 0 Å². The smallest absolute Gasteiger partial charge is 0.341 e. The average Bonchev–Trinajstić information content (AvgIpc) is 2.37. The number of aliphatic hydroxyl groups is 1. The topological polar surface area (TPSA) is 57.6 Å². The molecule has 0 atom stereocenters. The lowest BCUT2D eigenvalue weighted by molar-refractivity contribution is 0.215. The number of para-hydroxylation sites is 1. The Kier molecular flexibility index (Phi) is 4.52. The Morgan fingerprint density at radius 1 is 1.32 bits per heavy atom. The van der Waals surface area contributed by atoms with Crippen molar-refractivity contribution in [1.29, 1.82) is 0 Å². The number of hydrogen-bond acceptors (Lipinski definition) is 4. The van der Waals surface area contributed by atoms with E-state index in [1.807, 2.05) is 0 Å². The summed E-state index contributed by atoms with van der Waals surface area (Å²) in [5.41, 5.74) is -0.629. The number of aliphatic hydroxyl groups excluding tert-OH is 1. The molecule has 4 nitrogen and oxygen atoms in total. The fraction of sp³-hybridized carbons (Fsp3) is 0.500. The first-order valence-corrected chi connectivity index (χ1v) is 7.15. The molecule has 0 radical (unpaired) electrons. The van der Waals surface area contributed by atoms with Gasteiger partial charge >= 0.3 is 5.76 Å². The van der Waals surface area contributed by atoms with E-state index in [2.05, 4.69) is 0 Å². The summed E-state index contributed by atoms with van der Waals surface area (Å²) >= 11 is 0. The highest BCUT2D eigenvalue weighted by Crippen LogP contribution is 2.31. The predicted molar refractivity (Wildman–Crippen MR) is 69.2 cm³/mol. The van der Waals surface area contributed by atoms with Crippen molar-refractivity contribution in [2.24, 2.45) is 0 Å². The lowest BCUT2D eigenvalue weighted by Crippen LogP contribution is -2.45. The van der Waals surface area contributed by atoms with E-state index in [1.165, 1.54) is 17.0 Å². The Labute approximate surface area is 111 Å². The summed E-state index contributed by atoms with van der Waals surface area (Å²) in [6.07, 6.45) is 0. The molecule has 0 aliphatic carbocycles. The zero-order valence-corrected chi connectivity index (χ0v) is 11.8. The van der Waals surface area contributed by atoms with Gasteiger partial charge < -0.3 is 10.0 Å². The molecule has 0 fully saturated rings. The number of anilines is 1. The van der Waals surface area contributed by atoms with Crippen molar-refractivity contribution in [2.45, 2.75) is 30.0 Å². The number of nitrogens with zero attached hydrogens (tertiary/aromatic N) is 1. The standard InChI is InChI=1S/C12H17F2NO3S/c1-12(2,8-16)15(3)9-6-4-5-7-10(9)19(17,18)11(13)14/h4-7,11,16H,8H2,1-3H3. The van der Waals surface area contributed by atoms with Gasteiger partial charge in [0.25, 0.3) is 0 Å². The Hall–Kier alpha value is -1.21. The summed E-state index contributed by atoms with van der Waals surface area (Å²) < 4.78 is 48.6. The quantitative estimate of drug-likeness (QED) is 0.900. The number of benzene rings is 1. The van der Waals surface area contributed by atoms with Gasteiger partial charge in [0.2, 0.25) is 9.84 Å². The van der Waals surface area contributed by atoms with Crippen molar-refractivity contribution in [1.82, 2.24) is 0 Å². The molecule has 0 aliphatic heterocycles. The summed E-state index contributed by atoms with van der Waals surface area (Å²) in [6.45, 7) is 3.12. The molecule has 19 heavy (non-hydrogen) atoms. The van der Waals surface area contributed by atoms with Gasteiger partial charge in [0.1, 0.15) is 0 Å². The van der Waals surface area contributed by atoms with Crippen LogP contribution in [0.3, 0.4) is 0 Å². The lowest BCUT2D eigenvalue weighted by Gasteiger charge is -2.36. The molecule has 1 rings (SSSR count). The van der Waals surface area contributed by atoms with Gasteiger partial charge in [0.15, 0.2) is 0 Å². The van der Waals surface area contributed by atoms with Crippen molar-refractivity contribution < 1.29 is 22.3 Å². The summed E-state index contributed by atoms with van der Waals surface area (Å²) in [4.78, 5) is 1.04. The van der Waals surface area contributed by atoms with Crippen LogP contribution in [-0.2, 0) is 9.84 Å². The molecule has 0 aliphatic rings. The van der Waals surface area contributed by atoms with Crippen molar-refractivity contribution in [3.63, 3.8) is 0 Å². The van der Waals surface area contributed by atoms with Gasteiger partial charge in [-0.15, -0.1) is 0 Å². The van der Waals surface area contributed by atoms with Crippen LogP contribution < -0.4 is 4.90 Å². The van der Waals surface area contributed by atoms with E-state index >= 15 is 0 Å². The van der Waals surface area contributed by atoms with Crippen LogP contribution in [0.15, 0.2) is 29.2 Å². The Balaban J connectivity index is 3.40. The first kappa shape index (κ1) is 15.8. The van der Waals surface area contributed by atoms with Crippen LogP contribution >= 0.6 is 0 Å². The molecule has 1 N–H and O–H groups in total. The minimum atomic E-state index is -4.68. The molecular weight excluding hydrogens is 276 g/mol. The summed E-state index contributed by atoms with van der Waals surface area (Å²) in [6, 6.07) is 5.52. The molecule has 0 heterocycles. The second-order valence-corrected chi connectivity index (χ2v) is 6.69. The Morgan fingerprint density at radius 3 is 2.32 bits per heavy atom. The molecule has 7 heteroatoms. The van der Waals surface area contributed by atoms with Gasteiger partial charge in [-0.3, -0.25) is 0 Å². The van der Waals surface area contributed by atoms with E-state index in [0.29, 0.717) is 0 Å². The fourth-order valence-electron chi connectivity index (χ4n) is 1.50. The third-order valence-electron chi connectivity index (χ3n) is 3.06. The molecule has 1 aromatic rings. The summed E-state index contributed by atoms with van der Waals surface area (Å²) in [5, 5.41) is 9.29. The Bertz CT molecular complexity index is 544. The maximum atomic E-state index is 12.7. The van der Waals surface area contributed by atoms with Crippen molar-refractivity contribution >= 4 is 15.5 Å². The fourth-order valence-corrected chi connectivity index (χ4v) is 2.46. The number of halogens is 2. The second kappa shape index (κ2) is 5.42. The number of hydrogen-bond donors (Lipinski definition) is 1. The molecule has 0 aromatic heterocycles. The van der Waals surface area contributed by atoms with Crippen molar-refractivity contribution in [2.75, 3.05) is 18.6 Å². The molecule has 0 bridgehead atoms. The summed E-state index contributed by atoms with van der Waals surface area (Å²) in [7, 11) is -3.13. The van der Waals surface area contributed by atoms with Crippen LogP contribution in [0.2, 0.25) is 0 Å². The first-order valence-electron chi connectivity index (χ1n) is 5.60. The van der Waals surface area contributed by atoms with Gasteiger partial charge in [-0.25, -0.2) is 8.42 Å². The van der Waals surface area contributed by atoms with E-state index in [4.69, 9.17) is 0 Å². The number of rotatable bonds is 5. The minimum Gasteiger partial charge on any atom is -0.394 e. The van der Waals surface area contributed by atoms with Gasteiger partial charge in [0, 0.05) is 7.05 Å². The zero-order valence-electron chi connectivity index (χ0n) is 11.0. The van der Waals surface area contributed by atoms with Gasteiger partial charge in [-0.2, -0.15) is 8.78 Å². The third kappa shape index (κ3) is 3.03. The van der Waals surface area contributed by atoms with E-state index in [1.54, 1.807) is 27.0 Å². The minimum absolute atomic E-state index is 0.141. The molecule has 1 aromatic carbocycles. The van der Waals surface area contributed by atoms with Crippen molar-refractivity contribution in [3.05, 3.63) is 24.3 Å². The molecule has 108 valence electrons. The highest BCUT2D eigenvalue weighted by molar-refractivity contribution is 7.91. The maximum Gasteiger partial charge on any atom is 0.341 e. The van der Waals surface area contributed by atoms with E-state index < -0.39 is 26.0 Å². The molecule has 0 saturated carbocycles. The highest BCUT2D eigenvalue weighted by Gasteiger charge is 2.33. The molecular formula is C12H17F2NO3S. The SMILES string of the molecule is CN(c1ccccc1S(=O)(=O)C(F)F)C(C)(C)CO. The lowest BCUT2D eigenvalue weighted by atomic mass is 10.0. The molecule has 0 amide bonds. The largest absolute Gasteiger partial charge is 0.394 e. The van der Waals surface area contributed by atoms with Crippen LogP contribution in [-0.4, -0.2) is 38.5 Å². The van der Waals surface area contributed by atoms with Gasteiger partial charge in [-0.1, -0.05) is 12.1 Å². The second-order valence-electron chi connectivity index (χ2n) is 4.80. The van der Waals surface area contributed by atoms with E-state index in [0.717, 1.165) is 6.07 Å². The van der Waals surface area contributed by atoms with E-state index in [9.17, 15) is 22.3 Å². The molecule has 0 spiro atoms. The van der Waals surface area contributed by atoms with Crippen LogP contribution in [0.5, 0.6) is 0 Å². The predicted octanol–water partition coefficient (Wildman–Crippen LogP) is 1.89. The highest BCUT2D eigenvalue weighted by atomic mass is 32.2. The van der Waals surface area contributed by atoms with Crippen LogP contribution in [0.1, 0.15) is 13.8 Å². The zero-order chi connectivity index (χ0) is 14.8. The van der Waals surface area contributed by atoms with E-state index in [-0.39, 0.29) is 12.3 Å². The monoisotopic (exact) mass is 293 g/mol. The van der Waals surface area contributed by atoms with Gasteiger partial charge in [0.05, 0.1) is 22.7 Å². The van der Waals surface area contributed by atoms with Crippen LogP contribution in [0, 0.1) is 0 Å². The van der Waals surface area contributed by atoms with Crippen LogP contribution in [0.4, 0.5) is 14.5 Å². The third-order valence-corrected chi connectivity index (χ3v) is 4.49. The molecule has 0 saturated heterocycles. The number of likely N-dealkylation sites (N-methyl/N-ethyl adjacent to an activating group) is 1. The summed E-state index contributed by atoms with van der Waals surface area (Å²) in [5.74, 6) is -3.47. The number of alkyl halides is 2. The normalized spacial score (nSPS) is 12.8. The maximum absolute atomic E-state index is 12.7. The number of sulfone groups is 1. The van der Waals surface area contributed by atoms with Crippen LogP contribution in [0.25, 0.3) is 0 Å². The first-order chi connectivity index (χ1) is 8.64. The average molecular weight is 293 g/mol. The Morgan fingerprint density at radius 2 is 1.84 bits per heavy atom. The van der Waals surface area contributed by atoms with Gasteiger partial charge in [-0.05, 0) is 26.0 Å².